The first-order chi connectivity index (χ1) is 14.1. The van der Waals surface area contributed by atoms with E-state index in [4.69, 9.17) is 0 Å². The number of hydrogen-bond acceptors (Lipinski definition) is 6. The molecule has 1 aromatic heterocycles. The van der Waals surface area contributed by atoms with Crippen molar-refractivity contribution in [2.75, 3.05) is 48.8 Å². The first kappa shape index (κ1) is 19.2. The summed E-state index contributed by atoms with van der Waals surface area (Å²) in [7, 11) is 2.17. The van der Waals surface area contributed by atoms with Crippen molar-refractivity contribution >= 4 is 28.8 Å². The Labute approximate surface area is 172 Å². The van der Waals surface area contributed by atoms with Gasteiger partial charge in [0.1, 0.15) is 5.82 Å². The third-order valence-electron chi connectivity index (χ3n) is 5.24. The molecule has 0 atom stereocenters. The van der Waals surface area contributed by atoms with Crippen molar-refractivity contribution in [3.8, 4) is 0 Å². The van der Waals surface area contributed by atoms with Crippen LogP contribution in [0.15, 0.2) is 54.7 Å². The summed E-state index contributed by atoms with van der Waals surface area (Å²) in [4.78, 5) is 13.9. The lowest BCUT2D eigenvalue weighted by atomic mass is 10.2. The van der Waals surface area contributed by atoms with Gasteiger partial charge in [-0.05, 0) is 62.9 Å². The molecule has 0 unspecified atom stereocenters. The van der Waals surface area contributed by atoms with Gasteiger partial charge in [-0.3, -0.25) is 0 Å². The maximum atomic E-state index is 4.66. The number of hydrogen-bond donors (Lipinski definition) is 2. The maximum Gasteiger partial charge on any atom is 0.229 e. The molecule has 6 nitrogen and oxygen atoms in total. The van der Waals surface area contributed by atoms with Crippen LogP contribution >= 0.6 is 0 Å². The van der Waals surface area contributed by atoms with E-state index in [1.54, 1.807) is 0 Å². The lowest BCUT2D eigenvalue weighted by molar-refractivity contribution is 0.313. The first-order valence-electron chi connectivity index (χ1n) is 10.0. The van der Waals surface area contributed by atoms with Crippen molar-refractivity contribution in [2.24, 2.45) is 0 Å². The van der Waals surface area contributed by atoms with Crippen molar-refractivity contribution in [2.45, 2.75) is 13.8 Å². The molecule has 0 bridgehead atoms. The number of anilines is 5. The summed E-state index contributed by atoms with van der Waals surface area (Å²) in [5, 5.41) is 6.71. The normalized spacial score (nSPS) is 14.7. The molecule has 0 saturated carbocycles. The van der Waals surface area contributed by atoms with Gasteiger partial charge in [-0.15, -0.1) is 0 Å². The Balaban J connectivity index is 1.45. The number of nitrogens with zero attached hydrogens (tertiary/aromatic N) is 4. The summed E-state index contributed by atoms with van der Waals surface area (Å²) < 4.78 is 0. The minimum atomic E-state index is 0.582. The minimum absolute atomic E-state index is 0.582. The minimum Gasteiger partial charge on any atom is -0.369 e. The van der Waals surface area contributed by atoms with E-state index >= 15 is 0 Å². The molecule has 4 rings (SSSR count). The molecule has 1 aliphatic heterocycles. The highest BCUT2D eigenvalue weighted by Gasteiger charge is 2.14. The smallest absolute Gasteiger partial charge is 0.229 e. The second-order valence-corrected chi connectivity index (χ2v) is 7.68. The van der Waals surface area contributed by atoms with Gasteiger partial charge in [0.15, 0.2) is 0 Å². The summed E-state index contributed by atoms with van der Waals surface area (Å²) in [6, 6.07) is 16.8. The van der Waals surface area contributed by atoms with Crippen LogP contribution in [0.25, 0.3) is 0 Å². The van der Waals surface area contributed by atoms with Crippen molar-refractivity contribution in [3.05, 3.63) is 65.9 Å². The van der Waals surface area contributed by atoms with Crippen molar-refractivity contribution in [3.63, 3.8) is 0 Å². The number of aromatic nitrogens is 2. The molecule has 2 N–H and O–H groups in total. The highest BCUT2D eigenvalue weighted by atomic mass is 15.2. The van der Waals surface area contributed by atoms with E-state index in [0.29, 0.717) is 5.95 Å². The van der Waals surface area contributed by atoms with Gasteiger partial charge in [0, 0.05) is 55.0 Å². The van der Waals surface area contributed by atoms with Crippen LogP contribution in [0.2, 0.25) is 0 Å². The van der Waals surface area contributed by atoms with Crippen LogP contribution in [0.4, 0.5) is 28.8 Å². The largest absolute Gasteiger partial charge is 0.369 e. The average Bonchev–Trinajstić information content (AvgIpc) is 2.72. The molecular formula is C23H28N6. The third-order valence-corrected chi connectivity index (χ3v) is 5.24. The second-order valence-electron chi connectivity index (χ2n) is 7.68. The Hall–Kier alpha value is -3.12. The molecule has 29 heavy (non-hydrogen) atoms. The monoisotopic (exact) mass is 388 g/mol. The third kappa shape index (κ3) is 4.84. The summed E-state index contributed by atoms with van der Waals surface area (Å²) in [6.07, 6.45) is 1.84. The molecule has 6 heteroatoms. The van der Waals surface area contributed by atoms with Gasteiger partial charge in [-0.25, -0.2) is 4.98 Å². The summed E-state index contributed by atoms with van der Waals surface area (Å²) in [5.41, 5.74) is 5.47. The number of piperazine rings is 1. The predicted molar refractivity (Wildman–Crippen MR) is 121 cm³/mol. The molecule has 150 valence electrons. The van der Waals surface area contributed by atoms with Gasteiger partial charge in [0.05, 0.1) is 0 Å². The van der Waals surface area contributed by atoms with Crippen molar-refractivity contribution in [1.82, 2.24) is 14.9 Å². The first-order valence-corrected chi connectivity index (χ1v) is 10.0. The quantitative estimate of drug-likeness (QED) is 0.678. The van der Waals surface area contributed by atoms with E-state index in [-0.39, 0.29) is 0 Å². The van der Waals surface area contributed by atoms with E-state index in [1.807, 2.05) is 25.3 Å². The van der Waals surface area contributed by atoms with Crippen LogP contribution in [0.1, 0.15) is 11.1 Å². The van der Waals surface area contributed by atoms with E-state index < -0.39 is 0 Å². The fraction of sp³-hybridized carbons (Fsp3) is 0.304. The van der Waals surface area contributed by atoms with Crippen LogP contribution < -0.4 is 15.5 Å². The summed E-state index contributed by atoms with van der Waals surface area (Å²) in [5.74, 6) is 1.39. The Morgan fingerprint density at radius 3 is 2.34 bits per heavy atom. The molecule has 1 saturated heterocycles. The predicted octanol–water partition coefficient (Wildman–Crippen LogP) is 4.33. The van der Waals surface area contributed by atoms with Gasteiger partial charge in [0.2, 0.25) is 5.95 Å². The molecule has 0 amide bonds. The Morgan fingerprint density at radius 1 is 0.862 bits per heavy atom. The van der Waals surface area contributed by atoms with Gasteiger partial charge < -0.3 is 20.4 Å². The van der Waals surface area contributed by atoms with Crippen LogP contribution in [0, 0.1) is 13.8 Å². The van der Waals surface area contributed by atoms with E-state index in [2.05, 4.69) is 80.8 Å². The number of rotatable bonds is 5. The van der Waals surface area contributed by atoms with Gasteiger partial charge in [-0.2, -0.15) is 4.98 Å². The zero-order valence-electron chi connectivity index (χ0n) is 17.3. The molecule has 1 fully saturated rings. The number of likely N-dealkylation sites (N-methyl/N-ethyl adjacent to an activating group) is 1. The Morgan fingerprint density at radius 2 is 1.62 bits per heavy atom. The number of benzene rings is 2. The van der Waals surface area contributed by atoms with Crippen LogP contribution in [-0.2, 0) is 0 Å². The summed E-state index contributed by atoms with van der Waals surface area (Å²) >= 11 is 0. The van der Waals surface area contributed by atoms with Crippen LogP contribution in [0.3, 0.4) is 0 Å². The fourth-order valence-electron chi connectivity index (χ4n) is 3.44. The Bertz CT molecular complexity index is 961. The fourth-order valence-corrected chi connectivity index (χ4v) is 3.44. The Kier molecular flexibility index (Phi) is 5.62. The maximum absolute atomic E-state index is 4.66. The molecule has 2 heterocycles. The van der Waals surface area contributed by atoms with Crippen molar-refractivity contribution in [1.29, 1.82) is 0 Å². The highest BCUT2D eigenvalue weighted by Crippen LogP contribution is 2.23. The van der Waals surface area contributed by atoms with Crippen LogP contribution in [0.5, 0.6) is 0 Å². The van der Waals surface area contributed by atoms with Crippen molar-refractivity contribution < 1.29 is 0 Å². The van der Waals surface area contributed by atoms with Gasteiger partial charge >= 0.3 is 0 Å². The van der Waals surface area contributed by atoms with E-state index in [1.165, 1.54) is 11.3 Å². The molecule has 0 radical (unpaired) electrons. The lowest BCUT2D eigenvalue weighted by Gasteiger charge is -2.34. The highest BCUT2D eigenvalue weighted by molar-refractivity contribution is 5.63. The molecule has 0 aliphatic carbocycles. The van der Waals surface area contributed by atoms with Gasteiger partial charge in [0.25, 0.3) is 0 Å². The van der Waals surface area contributed by atoms with E-state index in [9.17, 15) is 0 Å². The van der Waals surface area contributed by atoms with Crippen LogP contribution in [-0.4, -0.2) is 48.1 Å². The summed E-state index contributed by atoms with van der Waals surface area (Å²) in [6.45, 7) is 8.43. The molecule has 3 aromatic rings. The SMILES string of the molecule is Cc1cccc(Nc2nc(Nc3ccc(N4CCN(C)CC4)cc3)ncc2C)c1. The lowest BCUT2D eigenvalue weighted by Crippen LogP contribution is -2.44. The molecule has 0 spiro atoms. The zero-order chi connectivity index (χ0) is 20.2. The number of aryl methyl sites for hydroxylation is 2. The van der Waals surface area contributed by atoms with E-state index in [0.717, 1.165) is 48.9 Å². The average molecular weight is 389 g/mol. The molecule has 1 aliphatic rings. The standard InChI is InChI=1S/C23H28N6/c1-17-5-4-6-20(15-17)25-22-18(2)16-24-23(27-22)26-19-7-9-21(10-8-19)29-13-11-28(3)12-14-29/h4-10,15-16H,11-14H2,1-3H3,(H2,24,25,26,27). The molecular weight excluding hydrogens is 360 g/mol. The van der Waals surface area contributed by atoms with Gasteiger partial charge in [-0.1, -0.05) is 12.1 Å². The molecule has 2 aromatic carbocycles. The number of nitrogens with one attached hydrogen (secondary N) is 2. The topological polar surface area (TPSA) is 56.3 Å². The zero-order valence-corrected chi connectivity index (χ0v) is 17.3. The second kappa shape index (κ2) is 8.49.